The van der Waals surface area contributed by atoms with Crippen LogP contribution in [-0.2, 0) is 5.75 Å². The zero-order valence-electron chi connectivity index (χ0n) is 12.2. The van der Waals surface area contributed by atoms with Crippen molar-refractivity contribution >= 4 is 46.0 Å². The summed E-state index contributed by atoms with van der Waals surface area (Å²) in [5.74, 6) is 0.605. The van der Waals surface area contributed by atoms with Gasteiger partial charge in [-0.3, -0.25) is 14.7 Å². The number of carbonyl (C=O) groups excluding carboxylic acids is 1. The van der Waals surface area contributed by atoms with Crippen LogP contribution in [0.2, 0.25) is 10.0 Å². The van der Waals surface area contributed by atoms with Gasteiger partial charge in [-0.15, -0.1) is 0 Å². The highest BCUT2D eigenvalue weighted by Gasteiger charge is 2.25. The van der Waals surface area contributed by atoms with Gasteiger partial charge in [0.1, 0.15) is 0 Å². The highest BCUT2D eigenvalue weighted by atomic mass is 35.5. The molecule has 2 aromatic rings. The average molecular weight is 365 g/mol. The van der Waals surface area contributed by atoms with Crippen LogP contribution in [0.25, 0.3) is 0 Å². The lowest BCUT2D eigenvalue weighted by molar-refractivity contribution is 0.0860. The topological polar surface area (TPSA) is 32.7 Å². The van der Waals surface area contributed by atoms with Crippen LogP contribution in [0.4, 0.5) is 0 Å². The maximum Gasteiger partial charge on any atom is 0.259 e. The zero-order chi connectivity index (χ0) is 16.2. The fourth-order valence-electron chi connectivity index (χ4n) is 2.27. The van der Waals surface area contributed by atoms with Crippen molar-refractivity contribution in [2.24, 2.45) is 4.99 Å². The number of amidine groups is 1. The molecule has 0 bridgehead atoms. The number of hydrogen-bond acceptors (Lipinski definition) is 3. The minimum absolute atomic E-state index is 0.0737. The van der Waals surface area contributed by atoms with E-state index in [9.17, 15) is 4.79 Å². The first-order valence-corrected chi connectivity index (χ1v) is 8.87. The summed E-state index contributed by atoms with van der Waals surface area (Å²) >= 11 is 13.7. The van der Waals surface area contributed by atoms with E-state index in [-0.39, 0.29) is 5.91 Å². The molecule has 0 atom stereocenters. The second kappa shape index (κ2) is 7.39. The highest BCUT2D eigenvalue weighted by Crippen LogP contribution is 2.25. The van der Waals surface area contributed by atoms with E-state index in [1.807, 2.05) is 24.3 Å². The summed E-state index contributed by atoms with van der Waals surface area (Å²) in [7, 11) is 0. The average Bonchev–Trinajstić information content (AvgIpc) is 3.02. The third-order valence-corrected chi connectivity index (χ3v) is 5.10. The Kier molecular flexibility index (Phi) is 5.26. The molecule has 1 amide bonds. The number of thioether (sulfide) groups is 1. The van der Waals surface area contributed by atoms with Crippen LogP contribution < -0.4 is 0 Å². The monoisotopic (exact) mass is 364 g/mol. The molecule has 2 aromatic carbocycles. The molecule has 3 rings (SSSR count). The van der Waals surface area contributed by atoms with Crippen LogP contribution in [0.5, 0.6) is 0 Å². The SMILES string of the molecule is O=C(c1cccc(Cl)c1)N1CCN=C1SCc1ccccc1Cl. The molecule has 23 heavy (non-hydrogen) atoms. The summed E-state index contributed by atoms with van der Waals surface area (Å²) in [4.78, 5) is 18.8. The third-order valence-electron chi connectivity index (χ3n) is 3.43. The Labute approximate surface area is 149 Å². The van der Waals surface area contributed by atoms with Gasteiger partial charge in [0, 0.05) is 27.9 Å². The van der Waals surface area contributed by atoms with Crippen LogP contribution in [0.3, 0.4) is 0 Å². The largest absolute Gasteiger partial charge is 0.286 e. The standard InChI is InChI=1S/C17H14Cl2N2OS/c18-14-6-3-5-12(10-14)16(22)21-9-8-20-17(21)23-11-13-4-1-2-7-15(13)19/h1-7,10H,8-9,11H2. The van der Waals surface area contributed by atoms with Crippen LogP contribution in [0, 0.1) is 0 Å². The van der Waals surface area contributed by atoms with Gasteiger partial charge in [-0.25, -0.2) is 0 Å². The smallest absolute Gasteiger partial charge is 0.259 e. The van der Waals surface area contributed by atoms with Gasteiger partial charge in [-0.2, -0.15) is 0 Å². The molecule has 0 aliphatic carbocycles. The second-order valence-electron chi connectivity index (χ2n) is 5.01. The molecule has 0 unspecified atom stereocenters. The first-order chi connectivity index (χ1) is 11.1. The van der Waals surface area contributed by atoms with Gasteiger partial charge in [0.15, 0.2) is 5.17 Å². The molecule has 1 aliphatic rings. The molecule has 1 aliphatic heterocycles. The van der Waals surface area contributed by atoms with E-state index in [2.05, 4.69) is 4.99 Å². The van der Waals surface area contributed by atoms with E-state index in [4.69, 9.17) is 23.2 Å². The molecule has 3 nitrogen and oxygen atoms in total. The Balaban J connectivity index is 1.70. The van der Waals surface area contributed by atoms with Crippen molar-refractivity contribution < 1.29 is 4.79 Å². The van der Waals surface area contributed by atoms with Crippen LogP contribution in [0.1, 0.15) is 15.9 Å². The summed E-state index contributed by atoms with van der Waals surface area (Å²) in [5.41, 5.74) is 1.61. The summed E-state index contributed by atoms with van der Waals surface area (Å²) in [6.45, 7) is 1.22. The van der Waals surface area contributed by atoms with Gasteiger partial charge in [-0.1, -0.05) is 59.2 Å². The molecule has 6 heteroatoms. The van der Waals surface area contributed by atoms with Crippen LogP contribution in [-0.4, -0.2) is 29.1 Å². The molecule has 1 heterocycles. The first kappa shape index (κ1) is 16.4. The molecule has 0 saturated heterocycles. The fourth-order valence-corrected chi connectivity index (χ4v) is 3.79. The minimum atomic E-state index is -0.0737. The lowest BCUT2D eigenvalue weighted by Gasteiger charge is -2.18. The molecule has 118 valence electrons. The maximum absolute atomic E-state index is 12.6. The number of halogens is 2. The number of hydrogen-bond donors (Lipinski definition) is 0. The van der Waals surface area contributed by atoms with E-state index < -0.39 is 0 Å². The number of benzene rings is 2. The molecule has 0 N–H and O–H groups in total. The molecule has 0 aromatic heterocycles. The van der Waals surface area contributed by atoms with Crippen molar-refractivity contribution in [1.82, 2.24) is 4.90 Å². The zero-order valence-corrected chi connectivity index (χ0v) is 14.5. The first-order valence-electron chi connectivity index (χ1n) is 7.13. The van der Waals surface area contributed by atoms with Crippen molar-refractivity contribution in [3.05, 3.63) is 69.7 Å². The highest BCUT2D eigenvalue weighted by molar-refractivity contribution is 8.13. The summed E-state index contributed by atoms with van der Waals surface area (Å²) in [5, 5.41) is 2.01. The Bertz CT molecular complexity index is 764. The van der Waals surface area contributed by atoms with Gasteiger partial charge >= 0.3 is 0 Å². The van der Waals surface area contributed by atoms with Crippen LogP contribution in [0.15, 0.2) is 53.5 Å². The number of carbonyl (C=O) groups is 1. The van der Waals surface area contributed by atoms with Gasteiger partial charge in [0.2, 0.25) is 0 Å². The minimum Gasteiger partial charge on any atom is -0.286 e. The van der Waals surface area contributed by atoms with E-state index in [1.165, 1.54) is 11.8 Å². The van der Waals surface area contributed by atoms with Gasteiger partial charge in [0.05, 0.1) is 6.54 Å². The normalized spacial score (nSPS) is 14.0. The number of amides is 1. The third kappa shape index (κ3) is 3.89. The second-order valence-corrected chi connectivity index (χ2v) is 6.80. The van der Waals surface area contributed by atoms with E-state index >= 15 is 0 Å². The Hall–Kier alpha value is -1.49. The van der Waals surface area contributed by atoms with Gasteiger partial charge in [0.25, 0.3) is 5.91 Å². The number of rotatable bonds is 3. The predicted octanol–water partition coefficient (Wildman–Crippen LogP) is 4.74. The maximum atomic E-state index is 12.6. The quantitative estimate of drug-likeness (QED) is 0.787. The predicted molar refractivity (Wildman–Crippen MR) is 97.5 cm³/mol. The summed E-state index contributed by atoms with van der Waals surface area (Å²) in [6, 6.07) is 14.7. The van der Waals surface area contributed by atoms with Crippen molar-refractivity contribution in [2.45, 2.75) is 5.75 Å². The van der Waals surface area contributed by atoms with Gasteiger partial charge < -0.3 is 0 Å². The molecule has 0 saturated carbocycles. The van der Waals surface area contributed by atoms with Crippen molar-refractivity contribution in [1.29, 1.82) is 0 Å². The fraction of sp³-hybridized carbons (Fsp3) is 0.176. The molecule has 0 fully saturated rings. The van der Waals surface area contributed by atoms with E-state index in [0.29, 0.717) is 29.4 Å². The Morgan fingerprint density at radius 3 is 2.78 bits per heavy atom. The lowest BCUT2D eigenvalue weighted by Crippen LogP contribution is -2.32. The van der Waals surface area contributed by atoms with E-state index in [0.717, 1.165) is 15.8 Å². The molecular formula is C17H14Cl2N2OS. The van der Waals surface area contributed by atoms with Crippen LogP contribution >= 0.6 is 35.0 Å². The summed E-state index contributed by atoms with van der Waals surface area (Å²) in [6.07, 6.45) is 0. The van der Waals surface area contributed by atoms with Crippen molar-refractivity contribution in [3.63, 3.8) is 0 Å². The van der Waals surface area contributed by atoms with Gasteiger partial charge in [-0.05, 0) is 29.8 Å². The molecule has 0 spiro atoms. The number of aliphatic imine (C=N–C) groups is 1. The lowest BCUT2D eigenvalue weighted by atomic mass is 10.2. The molecular weight excluding hydrogens is 351 g/mol. The molecule has 0 radical (unpaired) electrons. The number of nitrogens with zero attached hydrogens (tertiary/aromatic N) is 2. The van der Waals surface area contributed by atoms with Crippen molar-refractivity contribution in [2.75, 3.05) is 13.1 Å². The van der Waals surface area contributed by atoms with Crippen molar-refractivity contribution in [3.8, 4) is 0 Å². The summed E-state index contributed by atoms with van der Waals surface area (Å²) < 4.78 is 0. The Morgan fingerprint density at radius 1 is 1.17 bits per heavy atom. The van der Waals surface area contributed by atoms with E-state index in [1.54, 1.807) is 29.2 Å². The Morgan fingerprint density at radius 2 is 2.00 bits per heavy atom.